The number of anilines is 1. The number of esters is 2. The van der Waals surface area contributed by atoms with Gasteiger partial charge >= 0.3 is 17.9 Å². The Morgan fingerprint density at radius 2 is 2.00 bits per heavy atom. The molecule has 0 fully saturated rings. The number of rotatable bonds is 8. The molecule has 1 aromatic carbocycles. The molecule has 2 aromatic rings. The van der Waals surface area contributed by atoms with Gasteiger partial charge in [0.05, 0.1) is 26.5 Å². The van der Waals surface area contributed by atoms with Gasteiger partial charge in [0.1, 0.15) is 24.9 Å². The molecule has 2 atom stereocenters. The minimum atomic E-state index is -1.52. The standard InChI is InChI=1S/C20H23N5O7/c1-23-8-9-24(2)20(23)22-21-12-4-6-13(7-5-12)25(3)10-15(27)31-11-14(26)18-16(28)17(29)19(30)32-18/h4-9,14,18,21,26H,10-11H2,1-3H3/p+1. The fourth-order valence-electron chi connectivity index (χ4n) is 2.92. The second-order valence-corrected chi connectivity index (χ2v) is 7.20. The van der Waals surface area contributed by atoms with E-state index < -0.39 is 42.3 Å². The zero-order valence-electron chi connectivity index (χ0n) is 17.7. The van der Waals surface area contributed by atoms with Crippen LogP contribution in [0.1, 0.15) is 0 Å². The number of cyclic esters (lactones) is 1. The molecule has 0 radical (unpaired) electrons. The number of carbonyl (C=O) groups is 2. The number of hydrogen-bond donors (Lipinski definition) is 3. The van der Waals surface area contributed by atoms with E-state index in [4.69, 9.17) is 4.74 Å². The van der Waals surface area contributed by atoms with Crippen molar-refractivity contribution in [2.75, 3.05) is 25.1 Å². The van der Waals surface area contributed by atoms with Crippen molar-refractivity contribution in [3.63, 3.8) is 0 Å². The summed E-state index contributed by atoms with van der Waals surface area (Å²) in [6.45, 7) is -0.651. The minimum absolute atomic E-state index is 0.121. The van der Waals surface area contributed by atoms with E-state index in [-0.39, 0.29) is 6.54 Å². The van der Waals surface area contributed by atoms with E-state index in [1.165, 1.54) is 0 Å². The maximum Gasteiger partial charge on any atom is 0.421 e. The first kappa shape index (κ1) is 22.7. The molecule has 12 nitrogen and oxygen atoms in total. The van der Waals surface area contributed by atoms with Crippen LogP contribution in [0.15, 0.2) is 58.4 Å². The molecule has 3 N–H and O–H groups in total. The molecule has 2 heterocycles. The summed E-state index contributed by atoms with van der Waals surface area (Å²) in [7, 11) is 5.42. The van der Waals surface area contributed by atoms with Gasteiger partial charge in [-0.2, -0.15) is 0 Å². The summed E-state index contributed by atoms with van der Waals surface area (Å²) in [6.07, 6.45) is 0.739. The number of hydrogen-bond acceptors (Lipinski definition) is 10. The van der Waals surface area contributed by atoms with E-state index >= 15 is 0 Å². The molecule has 2 unspecified atom stereocenters. The molecule has 0 amide bonds. The molecule has 0 aliphatic carbocycles. The highest BCUT2D eigenvalue weighted by atomic mass is 16.6. The Bertz CT molecular complexity index is 1040. The number of nitrogens with zero attached hydrogens (tertiary/aromatic N) is 5. The molecule has 32 heavy (non-hydrogen) atoms. The lowest BCUT2D eigenvalue weighted by atomic mass is 10.2. The van der Waals surface area contributed by atoms with Gasteiger partial charge in [0, 0.05) is 17.8 Å². The van der Waals surface area contributed by atoms with E-state index in [1.807, 2.05) is 35.6 Å². The van der Waals surface area contributed by atoms with Crippen molar-refractivity contribution in [3.8, 4) is 0 Å². The Morgan fingerprint density at radius 1 is 1.31 bits per heavy atom. The monoisotopic (exact) mass is 446 g/mol. The number of likely N-dealkylation sites (N-methyl/N-ethyl adjacent to an activating group) is 1. The molecule has 1 aliphatic heterocycles. The lowest BCUT2D eigenvalue weighted by molar-refractivity contribution is -0.657. The van der Waals surface area contributed by atoms with Crippen LogP contribution in [0, 0.1) is 0 Å². The van der Waals surface area contributed by atoms with Crippen molar-refractivity contribution < 1.29 is 38.9 Å². The molecule has 0 saturated heterocycles. The first-order chi connectivity index (χ1) is 15.2. The number of carbonyl (C=O) groups excluding carboxylic acids is 2. The number of aromatic nitrogens is 2. The molecule has 1 aliphatic rings. The molecule has 3 rings (SSSR count). The summed E-state index contributed by atoms with van der Waals surface area (Å²) in [6, 6.07) is 7.04. The van der Waals surface area contributed by atoms with Crippen LogP contribution < -0.4 is 9.47 Å². The Balaban J connectivity index is 1.50. The van der Waals surface area contributed by atoms with E-state index in [2.05, 4.69) is 15.0 Å². The Kier molecular flexibility index (Phi) is 6.73. The van der Waals surface area contributed by atoms with Crippen LogP contribution in [-0.4, -0.2) is 64.2 Å². The normalized spacial score (nSPS) is 17.0. The number of aliphatic hydroxyl groups excluding tert-OH is 3. The van der Waals surface area contributed by atoms with Crippen LogP contribution in [-0.2, 0) is 33.2 Å². The van der Waals surface area contributed by atoms with Gasteiger partial charge in [-0.15, -0.1) is 0 Å². The van der Waals surface area contributed by atoms with Crippen LogP contribution in [0.3, 0.4) is 0 Å². The van der Waals surface area contributed by atoms with Crippen molar-refractivity contribution >= 4 is 29.3 Å². The first-order valence-electron chi connectivity index (χ1n) is 9.58. The summed E-state index contributed by atoms with van der Waals surface area (Å²) < 4.78 is 13.3. The van der Waals surface area contributed by atoms with Gasteiger partial charge in [-0.25, -0.2) is 13.9 Å². The van der Waals surface area contributed by atoms with E-state index in [1.54, 1.807) is 36.2 Å². The quantitative estimate of drug-likeness (QED) is 0.307. The summed E-state index contributed by atoms with van der Waals surface area (Å²) in [5.74, 6) is -2.89. The molecule has 0 saturated carbocycles. The van der Waals surface area contributed by atoms with Crippen LogP contribution in [0.5, 0.6) is 0 Å². The first-order valence-corrected chi connectivity index (χ1v) is 9.58. The number of aliphatic hydroxyl groups is 3. The molecule has 0 bridgehead atoms. The third-order valence-electron chi connectivity index (χ3n) is 4.76. The van der Waals surface area contributed by atoms with Crippen LogP contribution in [0.4, 0.5) is 17.3 Å². The van der Waals surface area contributed by atoms with E-state index in [0.717, 1.165) is 5.69 Å². The third kappa shape index (κ3) is 5.03. The number of azo groups is 1. The molecule has 12 heteroatoms. The van der Waals surface area contributed by atoms with Gasteiger partial charge in [-0.1, -0.05) is 5.11 Å². The number of ether oxygens (including phenoxy) is 2. The van der Waals surface area contributed by atoms with Gasteiger partial charge < -0.3 is 29.7 Å². The average molecular weight is 446 g/mol. The number of aryl methyl sites for hydroxylation is 2. The lowest BCUT2D eigenvalue weighted by Crippen LogP contribution is -2.35. The Labute approximate surface area is 183 Å². The van der Waals surface area contributed by atoms with E-state index in [9.17, 15) is 24.9 Å². The van der Waals surface area contributed by atoms with Gasteiger partial charge in [-0.3, -0.25) is 4.79 Å². The Hall–Kier alpha value is -3.93. The molecule has 0 spiro atoms. The molecular formula is C20H24N5O7+. The highest BCUT2D eigenvalue weighted by molar-refractivity contribution is 5.89. The fraction of sp³-hybridized carbons (Fsp3) is 0.350. The topological polar surface area (TPSA) is 150 Å². The smallest absolute Gasteiger partial charge is 0.421 e. The van der Waals surface area contributed by atoms with E-state index in [0.29, 0.717) is 11.6 Å². The third-order valence-corrected chi connectivity index (χ3v) is 4.76. The largest absolute Gasteiger partial charge is 0.505 e. The number of imidazole rings is 1. The van der Waals surface area contributed by atoms with Crippen LogP contribution in [0.2, 0.25) is 0 Å². The number of benzene rings is 1. The summed E-state index contributed by atoms with van der Waals surface area (Å²) >= 11 is 0. The average Bonchev–Trinajstić information content (AvgIpc) is 3.23. The Morgan fingerprint density at radius 3 is 2.56 bits per heavy atom. The predicted molar refractivity (Wildman–Crippen MR) is 110 cm³/mol. The second-order valence-electron chi connectivity index (χ2n) is 7.20. The minimum Gasteiger partial charge on any atom is -0.505 e. The zero-order chi connectivity index (χ0) is 23.4. The highest BCUT2D eigenvalue weighted by Gasteiger charge is 2.39. The second kappa shape index (κ2) is 9.47. The van der Waals surface area contributed by atoms with Gasteiger partial charge in [0.15, 0.2) is 11.9 Å². The van der Waals surface area contributed by atoms with Crippen molar-refractivity contribution in [2.45, 2.75) is 12.2 Å². The maximum atomic E-state index is 12.1. The van der Waals surface area contributed by atoms with Gasteiger partial charge in [0.2, 0.25) is 5.76 Å². The lowest BCUT2D eigenvalue weighted by Gasteiger charge is -2.20. The van der Waals surface area contributed by atoms with Crippen molar-refractivity contribution in [2.24, 2.45) is 24.3 Å². The highest BCUT2D eigenvalue weighted by Crippen LogP contribution is 2.22. The summed E-state index contributed by atoms with van der Waals surface area (Å²) in [5, 5.41) is 37.2. The van der Waals surface area contributed by atoms with Crippen molar-refractivity contribution in [1.29, 1.82) is 0 Å². The molecule has 1 aromatic heterocycles. The van der Waals surface area contributed by atoms with Crippen LogP contribution >= 0.6 is 0 Å². The predicted octanol–water partition coefficient (Wildman–Crippen LogP) is 0.858. The van der Waals surface area contributed by atoms with Crippen molar-refractivity contribution in [1.82, 2.24) is 4.57 Å². The summed E-state index contributed by atoms with van der Waals surface area (Å²) in [4.78, 5) is 24.9. The molecule has 170 valence electrons. The van der Waals surface area contributed by atoms with Crippen LogP contribution in [0.25, 0.3) is 0 Å². The van der Waals surface area contributed by atoms with Gasteiger partial charge in [-0.05, 0) is 24.3 Å². The summed E-state index contributed by atoms with van der Waals surface area (Å²) in [5.41, 5.74) is 1.36. The fourth-order valence-corrected chi connectivity index (χ4v) is 2.92. The zero-order valence-corrected chi connectivity index (χ0v) is 17.7. The van der Waals surface area contributed by atoms with Crippen molar-refractivity contribution in [3.05, 3.63) is 48.2 Å². The maximum absolute atomic E-state index is 12.1. The molecular weight excluding hydrogens is 422 g/mol. The SMILES string of the molecule is CN(CC(=O)OCC(O)C1OC(=O)C(O)=C1O)c1ccc(/N=N/c2n(C)cc[n+]2C)cc1. The van der Waals surface area contributed by atoms with Gasteiger partial charge in [0.25, 0.3) is 0 Å².